The number of hydrogen-bond donors (Lipinski definition) is 1. The van der Waals surface area contributed by atoms with Crippen molar-refractivity contribution in [2.45, 2.75) is 25.4 Å². The SMILES string of the molecule is CN(Cc1nccn1-c1ccccc1)C1CCNCC1. The molecule has 2 aromatic rings. The molecule has 3 rings (SSSR count). The Labute approximate surface area is 120 Å². The van der Waals surface area contributed by atoms with Crippen LogP contribution >= 0.6 is 0 Å². The molecule has 0 bridgehead atoms. The van der Waals surface area contributed by atoms with Gasteiger partial charge in [-0.3, -0.25) is 4.90 Å². The number of aromatic nitrogens is 2. The Kier molecular flexibility index (Phi) is 4.14. The van der Waals surface area contributed by atoms with Crippen LogP contribution in [0.2, 0.25) is 0 Å². The Hall–Kier alpha value is -1.65. The first-order valence-corrected chi connectivity index (χ1v) is 7.33. The Balaban J connectivity index is 1.73. The lowest BCUT2D eigenvalue weighted by atomic mass is 10.1. The van der Waals surface area contributed by atoms with Gasteiger partial charge in [-0.2, -0.15) is 0 Å². The van der Waals surface area contributed by atoms with E-state index in [0.717, 1.165) is 25.5 Å². The van der Waals surface area contributed by atoms with E-state index in [2.05, 4.69) is 51.1 Å². The molecule has 0 aliphatic carbocycles. The molecule has 1 aromatic heterocycles. The van der Waals surface area contributed by atoms with Crippen LogP contribution < -0.4 is 5.32 Å². The molecule has 1 aliphatic heterocycles. The van der Waals surface area contributed by atoms with Crippen molar-refractivity contribution in [3.05, 3.63) is 48.5 Å². The van der Waals surface area contributed by atoms with E-state index in [1.807, 2.05) is 18.5 Å². The molecule has 1 N–H and O–H groups in total. The van der Waals surface area contributed by atoms with Gasteiger partial charge >= 0.3 is 0 Å². The van der Waals surface area contributed by atoms with Crippen LogP contribution in [0, 0.1) is 0 Å². The van der Waals surface area contributed by atoms with E-state index >= 15 is 0 Å². The zero-order valence-corrected chi connectivity index (χ0v) is 12.0. The van der Waals surface area contributed by atoms with E-state index < -0.39 is 0 Å². The maximum atomic E-state index is 4.53. The minimum atomic E-state index is 0.664. The van der Waals surface area contributed by atoms with Crippen molar-refractivity contribution < 1.29 is 0 Å². The quantitative estimate of drug-likeness (QED) is 0.923. The van der Waals surface area contributed by atoms with Gasteiger partial charge < -0.3 is 9.88 Å². The van der Waals surface area contributed by atoms with Gasteiger partial charge in [0.1, 0.15) is 5.82 Å². The highest BCUT2D eigenvalue weighted by Crippen LogP contribution is 2.15. The standard InChI is InChI=1S/C16H22N4/c1-19(14-7-9-17-10-8-14)13-16-18-11-12-20(16)15-5-3-2-4-6-15/h2-6,11-12,14,17H,7-10,13H2,1H3. The molecule has 2 heterocycles. The van der Waals surface area contributed by atoms with Gasteiger partial charge in [0, 0.05) is 24.1 Å². The minimum absolute atomic E-state index is 0.664. The molecule has 20 heavy (non-hydrogen) atoms. The second-order valence-corrected chi connectivity index (χ2v) is 5.45. The van der Waals surface area contributed by atoms with Crippen LogP contribution in [0.4, 0.5) is 0 Å². The molecule has 0 spiro atoms. The van der Waals surface area contributed by atoms with Crippen LogP contribution in [0.1, 0.15) is 18.7 Å². The summed E-state index contributed by atoms with van der Waals surface area (Å²) in [4.78, 5) is 6.97. The van der Waals surface area contributed by atoms with Crippen LogP contribution in [0.15, 0.2) is 42.7 Å². The summed E-state index contributed by atoms with van der Waals surface area (Å²) >= 11 is 0. The molecule has 106 valence electrons. The Morgan fingerprint density at radius 1 is 1.25 bits per heavy atom. The normalized spacial score (nSPS) is 16.7. The number of nitrogens with one attached hydrogen (secondary N) is 1. The lowest BCUT2D eigenvalue weighted by molar-refractivity contribution is 0.187. The van der Waals surface area contributed by atoms with Crippen molar-refractivity contribution in [2.75, 3.05) is 20.1 Å². The third kappa shape index (κ3) is 2.92. The molecule has 0 radical (unpaired) electrons. The number of benzene rings is 1. The highest BCUT2D eigenvalue weighted by Gasteiger charge is 2.19. The van der Waals surface area contributed by atoms with Gasteiger partial charge in [-0.1, -0.05) is 18.2 Å². The van der Waals surface area contributed by atoms with Gasteiger partial charge in [-0.05, 0) is 45.1 Å². The first-order valence-electron chi connectivity index (χ1n) is 7.33. The monoisotopic (exact) mass is 270 g/mol. The molecule has 0 saturated carbocycles. The van der Waals surface area contributed by atoms with Gasteiger partial charge in [-0.25, -0.2) is 4.98 Å². The topological polar surface area (TPSA) is 33.1 Å². The molecule has 1 saturated heterocycles. The van der Waals surface area contributed by atoms with Crippen LogP contribution in [-0.4, -0.2) is 40.6 Å². The predicted molar refractivity (Wildman–Crippen MR) is 80.9 cm³/mol. The molecular weight excluding hydrogens is 248 g/mol. The average Bonchev–Trinajstić information content (AvgIpc) is 2.97. The van der Waals surface area contributed by atoms with E-state index in [9.17, 15) is 0 Å². The number of rotatable bonds is 4. The molecular formula is C16H22N4. The summed E-state index contributed by atoms with van der Waals surface area (Å²) in [6, 6.07) is 11.1. The molecule has 1 fully saturated rings. The smallest absolute Gasteiger partial charge is 0.127 e. The third-order valence-corrected chi connectivity index (χ3v) is 4.07. The van der Waals surface area contributed by atoms with Crippen molar-refractivity contribution >= 4 is 0 Å². The van der Waals surface area contributed by atoms with Crippen LogP contribution in [0.25, 0.3) is 5.69 Å². The lowest BCUT2D eigenvalue weighted by Gasteiger charge is -2.31. The predicted octanol–water partition coefficient (Wildman–Crippen LogP) is 2.06. The fraction of sp³-hybridized carbons (Fsp3) is 0.438. The van der Waals surface area contributed by atoms with E-state index in [-0.39, 0.29) is 0 Å². The zero-order valence-electron chi connectivity index (χ0n) is 12.0. The van der Waals surface area contributed by atoms with E-state index in [4.69, 9.17) is 0 Å². The number of hydrogen-bond acceptors (Lipinski definition) is 3. The van der Waals surface area contributed by atoms with Gasteiger partial charge in [0.25, 0.3) is 0 Å². The lowest BCUT2D eigenvalue weighted by Crippen LogP contribution is -2.41. The minimum Gasteiger partial charge on any atom is -0.317 e. The summed E-state index contributed by atoms with van der Waals surface area (Å²) in [5.41, 5.74) is 1.18. The number of piperidine rings is 1. The molecule has 0 atom stereocenters. The summed E-state index contributed by atoms with van der Waals surface area (Å²) in [6.07, 6.45) is 6.38. The first-order chi connectivity index (χ1) is 9.84. The number of para-hydroxylation sites is 1. The molecule has 4 heteroatoms. The molecule has 1 aliphatic rings. The molecule has 0 unspecified atom stereocenters. The van der Waals surface area contributed by atoms with Crippen molar-refractivity contribution in [3.8, 4) is 5.69 Å². The maximum Gasteiger partial charge on any atom is 0.127 e. The van der Waals surface area contributed by atoms with Crippen LogP contribution in [-0.2, 0) is 6.54 Å². The Morgan fingerprint density at radius 2 is 2.00 bits per heavy atom. The van der Waals surface area contributed by atoms with Gasteiger partial charge in [-0.15, -0.1) is 0 Å². The van der Waals surface area contributed by atoms with Crippen LogP contribution in [0.5, 0.6) is 0 Å². The van der Waals surface area contributed by atoms with Crippen molar-refractivity contribution in [3.63, 3.8) is 0 Å². The third-order valence-electron chi connectivity index (χ3n) is 4.07. The van der Waals surface area contributed by atoms with E-state index in [0.29, 0.717) is 6.04 Å². The molecule has 4 nitrogen and oxygen atoms in total. The summed E-state index contributed by atoms with van der Waals surface area (Å²) in [5.74, 6) is 1.11. The Morgan fingerprint density at radius 3 is 2.75 bits per heavy atom. The highest BCUT2D eigenvalue weighted by atomic mass is 15.2. The molecule has 0 amide bonds. The van der Waals surface area contributed by atoms with Gasteiger partial charge in [0.05, 0.1) is 6.54 Å². The van der Waals surface area contributed by atoms with Crippen molar-refractivity contribution in [1.29, 1.82) is 0 Å². The fourth-order valence-corrected chi connectivity index (χ4v) is 2.87. The number of nitrogens with zero attached hydrogens (tertiary/aromatic N) is 3. The zero-order chi connectivity index (χ0) is 13.8. The fourth-order valence-electron chi connectivity index (χ4n) is 2.87. The summed E-state index contributed by atoms with van der Waals surface area (Å²) in [5, 5.41) is 3.42. The largest absolute Gasteiger partial charge is 0.317 e. The number of imidazole rings is 1. The average molecular weight is 270 g/mol. The Bertz CT molecular complexity index is 528. The summed E-state index contributed by atoms with van der Waals surface area (Å²) in [6.45, 7) is 3.15. The second-order valence-electron chi connectivity index (χ2n) is 5.45. The van der Waals surface area contributed by atoms with E-state index in [1.54, 1.807) is 0 Å². The van der Waals surface area contributed by atoms with Crippen molar-refractivity contribution in [2.24, 2.45) is 0 Å². The summed E-state index contributed by atoms with van der Waals surface area (Å²) in [7, 11) is 2.21. The molecule has 1 aromatic carbocycles. The maximum absolute atomic E-state index is 4.53. The van der Waals surface area contributed by atoms with Gasteiger partial charge in [0.2, 0.25) is 0 Å². The van der Waals surface area contributed by atoms with Gasteiger partial charge in [0.15, 0.2) is 0 Å². The van der Waals surface area contributed by atoms with E-state index in [1.165, 1.54) is 18.5 Å². The summed E-state index contributed by atoms with van der Waals surface area (Å²) < 4.78 is 2.18. The second kappa shape index (κ2) is 6.20. The first kappa shape index (κ1) is 13.3. The van der Waals surface area contributed by atoms with Crippen LogP contribution in [0.3, 0.4) is 0 Å². The highest BCUT2D eigenvalue weighted by molar-refractivity contribution is 5.32. The van der Waals surface area contributed by atoms with Crippen molar-refractivity contribution in [1.82, 2.24) is 19.8 Å².